The molecule has 152 valence electrons. The molecule has 1 unspecified atom stereocenters. The van der Waals surface area contributed by atoms with Crippen molar-refractivity contribution in [3.05, 3.63) is 34.8 Å². The Morgan fingerprint density at radius 2 is 2.14 bits per heavy atom. The van der Waals surface area contributed by atoms with E-state index in [2.05, 4.69) is 12.0 Å². The summed E-state index contributed by atoms with van der Waals surface area (Å²) in [5, 5.41) is 7.36. The number of aromatic nitrogens is 3. The molecule has 2 N–H and O–H groups in total. The number of carbonyl (C=O) groups is 1. The summed E-state index contributed by atoms with van der Waals surface area (Å²) in [4.78, 5) is 21.1. The van der Waals surface area contributed by atoms with Gasteiger partial charge in [-0.25, -0.2) is 4.98 Å². The first-order valence-corrected chi connectivity index (χ1v) is 9.67. The average molecular weight is 442 g/mol. The van der Waals surface area contributed by atoms with Gasteiger partial charge in [0.25, 0.3) is 5.91 Å². The quantitative estimate of drug-likeness (QED) is 0.672. The van der Waals surface area contributed by atoms with Crippen LogP contribution in [-0.2, 0) is 7.05 Å². The Kier molecular flexibility index (Phi) is 6.76. The van der Waals surface area contributed by atoms with Crippen molar-refractivity contribution in [3.8, 4) is 10.6 Å². The van der Waals surface area contributed by atoms with Crippen molar-refractivity contribution < 1.29 is 4.79 Å². The third-order valence-corrected chi connectivity index (χ3v) is 6.20. The molecule has 4 rings (SSSR count). The minimum Gasteiger partial charge on any atom is -0.338 e. The van der Waals surface area contributed by atoms with Crippen LogP contribution in [0, 0.1) is 12.3 Å². The molecular formula is C19H25Cl2N5OS. The van der Waals surface area contributed by atoms with Crippen LogP contribution in [-0.4, -0.2) is 45.2 Å². The number of hydrogen-bond acceptors (Lipinski definition) is 5. The fourth-order valence-electron chi connectivity index (χ4n) is 3.70. The maximum atomic E-state index is 13.4. The first-order chi connectivity index (χ1) is 12.4. The van der Waals surface area contributed by atoms with Gasteiger partial charge in [-0.1, -0.05) is 13.0 Å². The van der Waals surface area contributed by atoms with E-state index in [-0.39, 0.29) is 36.1 Å². The number of rotatable bonds is 3. The monoisotopic (exact) mass is 441 g/mol. The molecule has 1 atom stereocenters. The van der Waals surface area contributed by atoms with Crippen molar-refractivity contribution in [1.29, 1.82) is 0 Å². The van der Waals surface area contributed by atoms with Crippen LogP contribution in [0.5, 0.6) is 0 Å². The van der Waals surface area contributed by atoms with Crippen molar-refractivity contribution in [1.82, 2.24) is 19.7 Å². The topological polar surface area (TPSA) is 77.0 Å². The van der Waals surface area contributed by atoms with Gasteiger partial charge >= 0.3 is 0 Å². The lowest BCUT2D eigenvalue weighted by Gasteiger charge is -2.23. The van der Waals surface area contributed by atoms with Gasteiger partial charge in [0.1, 0.15) is 0 Å². The predicted octanol–water partition coefficient (Wildman–Crippen LogP) is 3.66. The second-order valence-corrected chi connectivity index (χ2v) is 8.38. The third kappa shape index (κ3) is 3.76. The van der Waals surface area contributed by atoms with Gasteiger partial charge in [-0.15, -0.1) is 36.2 Å². The number of amides is 1. The molecule has 0 saturated carbocycles. The number of halogens is 2. The number of nitrogens with two attached hydrogens (primary N) is 1. The summed E-state index contributed by atoms with van der Waals surface area (Å²) in [6, 6.07) is 5.94. The van der Waals surface area contributed by atoms with Gasteiger partial charge in [0, 0.05) is 20.1 Å². The summed E-state index contributed by atoms with van der Waals surface area (Å²) in [6.45, 7) is 6.10. The Labute approximate surface area is 180 Å². The highest BCUT2D eigenvalue weighted by atomic mass is 35.5. The highest BCUT2D eigenvalue weighted by Crippen LogP contribution is 2.33. The molecule has 4 heterocycles. The van der Waals surface area contributed by atoms with E-state index in [1.165, 1.54) is 0 Å². The number of likely N-dealkylation sites (tertiary alicyclic amines) is 1. The summed E-state index contributed by atoms with van der Waals surface area (Å²) in [6.07, 6.45) is 0.938. The molecule has 0 aliphatic carbocycles. The largest absolute Gasteiger partial charge is 0.338 e. The Balaban J connectivity index is 0.00000140. The fourth-order valence-corrected chi connectivity index (χ4v) is 4.38. The van der Waals surface area contributed by atoms with Crippen LogP contribution in [0.1, 0.15) is 29.4 Å². The van der Waals surface area contributed by atoms with E-state index in [1.54, 1.807) is 16.0 Å². The number of carbonyl (C=O) groups excluding carboxylic acids is 1. The molecule has 0 radical (unpaired) electrons. The summed E-state index contributed by atoms with van der Waals surface area (Å²) in [5.41, 5.74) is 9.00. The maximum Gasteiger partial charge on any atom is 0.254 e. The summed E-state index contributed by atoms with van der Waals surface area (Å²) in [5.74, 6) is 0.0449. The van der Waals surface area contributed by atoms with Crippen molar-refractivity contribution >= 4 is 53.1 Å². The smallest absolute Gasteiger partial charge is 0.254 e. The van der Waals surface area contributed by atoms with E-state index in [1.807, 2.05) is 42.5 Å². The van der Waals surface area contributed by atoms with Gasteiger partial charge in [-0.2, -0.15) is 5.10 Å². The van der Waals surface area contributed by atoms with Crippen LogP contribution in [0.4, 0.5) is 0 Å². The number of hydrogen-bond donors (Lipinski definition) is 1. The van der Waals surface area contributed by atoms with Gasteiger partial charge in [0.15, 0.2) is 5.65 Å². The third-order valence-electron chi connectivity index (χ3n) is 5.31. The van der Waals surface area contributed by atoms with Crippen LogP contribution >= 0.6 is 36.2 Å². The molecule has 1 fully saturated rings. The average Bonchev–Trinajstić information content (AvgIpc) is 3.35. The number of aryl methyl sites for hydroxylation is 2. The van der Waals surface area contributed by atoms with Crippen LogP contribution in [0.2, 0.25) is 0 Å². The zero-order valence-electron chi connectivity index (χ0n) is 16.1. The van der Waals surface area contributed by atoms with Gasteiger partial charge in [0.05, 0.1) is 27.2 Å². The minimum atomic E-state index is 0. The molecule has 3 aromatic heterocycles. The van der Waals surface area contributed by atoms with Gasteiger partial charge in [0.2, 0.25) is 0 Å². The van der Waals surface area contributed by atoms with E-state index in [4.69, 9.17) is 10.7 Å². The van der Waals surface area contributed by atoms with E-state index in [0.717, 1.165) is 40.3 Å². The first-order valence-electron chi connectivity index (χ1n) is 8.79. The standard InChI is InChI=1S/C19H23N5OS.2ClH/c1-12-16-13(18(25)24-7-6-19(2,10-20)11-24)9-14(15-5-4-8-26-15)21-17(16)23(3)22-12;;/h4-5,8-9H,6-7,10-11,20H2,1-3H3;2*1H. The Bertz CT molecular complexity index is 988. The lowest BCUT2D eigenvalue weighted by molar-refractivity contribution is 0.0778. The zero-order valence-corrected chi connectivity index (χ0v) is 18.6. The molecule has 0 spiro atoms. The highest BCUT2D eigenvalue weighted by Gasteiger charge is 2.36. The molecule has 1 aliphatic rings. The molecule has 0 bridgehead atoms. The molecule has 3 aromatic rings. The normalized spacial score (nSPS) is 18.8. The molecule has 9 heteroatoms. The molecule has 0 aromatic carbocycles. The second-order valence-electron chi connectivity index (χ2n) is 7.43. The van der Waals surface area contributed by atoms with Crippen LogP contribution in [0.3, 0.4) is 0 Å². The summed E-state index contributed by atoms with van der Waals surface area (Å²) < 4.78 is 1.76. The highest BCUT2D eigenvalue weighted by molar-refractivity contribution is 7.13. The van der Waals surface area contributed by atoms with Gasteiger partial charge in [-0.05, 0) is 42.8 Å². The first kappa shape index (κ1) is 22.6. The second kappa shape index (κ2) is 8.37. The molecule has 1 aliphatic heterocycles. The Hall–Kier alpha value is -1.67. The van der Waals surface area contributed by atoms with Crippen molar-refractivity contribution in [2.75, 3.05) is 19.6 Å². The van der Waals surface area contributed by atoms with E-state index in [0.29, 0.717) is 18.7 Å². The summed E-state index contributed by atoms with van der Waals surface area (Å²) in [7, 11) is 1.87. The number of fused-ring (bicyclic) bond motifs is 1. The van der Waals surface area contributed by atoms with Crippen LogP contribution < -0.4 is 5.73 Å². The van der Waals surface area contributed by atoms with Crippen molar-refractivity contribution in [2.45, 2.75) is 20.3 Å². The van der Waals surface area contributed by atoms with Crippen molar-refractivity contribution in [2.24, 2.45) is 18.2 Å². The Morgan fingerprint density at radius 1 is 1.39 bits per heavy atom. The molecule has 6 nitrogen and oxygen atoms in total. The summed E-state index contributed by atoms with van der Waals surface area (Å²) >= 11 is 1.62. The number of pyridine rings is 1. The fraction of sp³-hybridized carbons (Fsp3) is 0.421. The number of nitrogens with zero attached hydrogens (tertiary/aromatic N) is 4. The van der Waals surface area contributed by atoms with Gasteiger partial charge in [-0.3, -0.25) is 9.48 Å². The molecule has 1 amide bonds. The number of thiophene rings is 1. The zero-order chi connectivity index (χ0) is 18.5. The SMILES string of the molecule is Cc1nn(C)c2nc(-c3cccs3)cc(C(=O)N3CCC(C)(CN)C3)c12.Cl.Cl. The van der Waals surface area contributed by atoms with E-state index in [9.17, 15) is 4.79 Å². The molecular weight excluding hydrogens is 417 g/mol. The van der Waals surface area contributed by atoms with Gasteiger partial charge < -0.3 is 10.6 Å². The minimum absolute atomic E-state index is 0. The van der Waals surface area contributed by atoms with E-state index < -0.39 is 0 Å². The lowest BCUT2D eigenvalue weighted by atomic mass is 9.90. The van der Waals surface area contributed by atoms with E-state index >= 15 is 0 Å². The molecule has 28 heavy (non-hydrogen) atoms. The predicted molar refractivity (Wildman–Crippen MR) is 119 cm³/mol. The van der Waals surface area contributed by atoms with Crippen LogP contribution in [0.25, 0.3) is 21.6 Å². The van der Waals surface area contributed by atoms with Crippen LogP contribution in [0.15, 0.2) is 23.6 Å². The molecule has 1 saturated heterocycles. The lowest BCUT2D eigenvalue weighted by Crippen LogP contribution is -2.34. The maximum absolute atomic E-state index is 13.4. The Morgan fingerprint density at radius 3 is 2.75 bits per heavy atom. The van der Waals surface area contributed by atoms with Crippen molar-refractivity contribution in [3.63, 3.8) is 0 Å².